The van der Waals surface area contributed by atoms with Crippen LogP contribution >= 0.6 is 11.8 Å². The van der Waals surface area contributed by atoms with Gasteiger partial charge in [0.05, 0.1) is 19.5 Å². The van der Waals surface area contributed by atoms with Crippen molar-refractivity contribution in [3.63, 3.8) is 0 Å². The highest BCUT2D eigenvalue weighted by Gasteiger charge is 2.26. The van der Waals surface area contributed by atoms with E-state index in [9.17, 15) is 4.79 Å². The maximum Gasteiger partial charge on any atom is 0.235 e. The molecule has 0 aliphatic carbocycles. The first-order valence-electron chi connectivity index (χ1n) is 7.88. The number of piperidine rings is 1. The topological polar surface area (TPSA) is 50.8 Å². The largest absolute Gasteiger partial charge is 0.497 e. The van der Waals surface area contributed by atoms with Gasteiger partial charge >= 0.3 is 0 Å². The third-order valence-corrected chi connectivity index (χ3v) is 5.07. The summed E-state index contributed by atoms with van der Waals surface area (Å²) in [5.74, 6) is 1.74. The Bertz CT molecular complexity index is 516. The van der Waals surface area contributed by atoms with Crippen molar-refractivity contribution in [2.75, 3.05) is 38.9 Å². The van der Waals surface area contributed by atoms with E-state index < -0.39 is 0 Å². The second-order valence-electron chi connectivity index (χ2n) is 5.75. The van der Waals surface area contributed by atoms with Crippen molar-refractivity contribution >= 4 is 23.4 Å². The number of carbonyl (C=O) groups is 1. The number of ether oxygens (including phenoxy) is 2. The summed E-state index contributed by atoms with van der Waals surface area (Å²) in [4.78, 5) is 14.3. The quantitative estimate of drug-likeness (QED) is 0.864. The summed E-state index contributed by atoms with van der Waals surface area (Å²) in [6, 6.07) is 6.00. The van der Waals surface area contributed by atoms with E-state index in [1.807, 2.05) is 36.3 Å². The molecule has 5 nitrogen and oxygen atoms in total. The molecule has 0 aromatic heterocycles. The number of methoxy groups -OCH3 is 2. The Balaban J connectivity index is 2.04. The average molecular weight is 338 g/mol. The zero-order chi connectivity index (χ0) is 16.8. The van der Waals surface area contributed by atoms with Crippen LogP contribution in [0.4, 0.5) is 5.69 Å². The van der Waals surface area contributed by atoms with E-state index in [0.717, 1.165) is 43.1 Å². The normalized spacial score (nSPS) is 19.1. The van der Waals surface area contributed by atoms with E-state index >= 15 is 0 Å². The second kappa shape index (κ2) is 8.34. The lowest BCUT2D eigenvalue weighted by Gasteiger charge is -2.35. The Morgan fingerprint density at radius 1 is 1.30 bits per heavy atom. The van der Waals surface area contributed by atoms with Gasteiger partial charge in [-0.15, -0.1) is 0 Å². The Hall–Kier alpha value is -1.56. The molecule has 1 N–H and O–H groups in total. The van der Waals surface area contributed by atoms with E-state index in [-0.39, 0.29) is 17.2 Å². The number of anilines is 1. The van der Waals surface area contributed by atoms with E-state index in [0.29, 0.717) is 0 Å². The van der Waals surface area contributed by atoms with Crippen molar-refractivity contribution in [1.82, 2.24) is 4.90 Å². The third kappa shape index (κ3) is 4.70. The van der Waals surface area contributed by atoms with Gasteiger partial charge in [-0.25, -0.2) is 0 Å². The Morgan fingerprint density at radius 2 is 1.96 bits per heavy atom. The summed E-state index contributed by atoms with van der Waals surface area (Å²) in [6.45, 7) is 3.56. The standard InChI is InChI=1S/C17H26N2O3S/c1-12(23-4)17(20)19-7-5-6-13(11-19)18-14-8-15(21-2)10-16(9-14)22-3/h8-10,12-13,18H,5-7,11H2,1-4H3/t12-,13-/m1/s1. The molecule has 1 aliphatic heterocycles. The first-order valence-corrected chi connectivity index (χ1v) is 9.17. The summed E-state index contributed by atoms with van der Waals surface area (Å²) < 4.78 is 10.6. The van der Waals surface area contributed by atoms with Crippen LogP contribution in [0.1, 0.15) is 19.8 Å². The number of likely N-dealkylation sites (tertiary alicyclic amines) is 1. The number of benzene rings is 1. The molecule has 2 rings (SSSR count). The number of nitrogens with one attached hydrogen (secondary N) is 1. The minimum Gasteiger partial charge on any atom is -0.497 e. The molecule has 0 spiro atoms. The maximum atomic E-state index is 12.4. The first kappa shape index (κ1) is 17.8. The van der Waals surface area contributed by atoms with Gasteiger partial charge in [-0.1, -0.05) is 0 Å². The lowest BCUT2D eigenvalue weighted by atomic mass is 10.0. The predicted octanol–water partition coefficient (Wildman–Crippen LogP) is 2.86. The van der Waals surface area contributed by atoms with Gasteiger partial charge in [0, 0.05) is 43.0 Å². The molecule has 0 saturated carbocycles. The molecule has 128 valence electrons. The summed E-state index contributed by atoms with van der Waals surface area (Å²) in [6.07, 6.45) is 4.05. The van der Waals surface area contributed by atoms with Gasteiger partial charge < -0.3 is 19.7 Å². The molecular formula is C17H26N2O3S. The Kier molecular flexibility index (Phi) is 6.45. The van der Waals surface area contributed by atoms with Crippen LogP contribution in [0, 0.1) is 0 Å². The SMILES string of the molecule is COc1cc(N[C@@H]2CCCN(C(=O)[C@@H](C)SC)C2)cc(OC)c1. The molecule has 23 heavy (non-hydrogen) atoms. The summed E-state index contributed by atoms with van der Waals surface area (Å²) in [7, 11) is 3.28. The third-order valence-electron chi connectivity index (χ3n) is 4.16. The monoisotopic (exact) mass is 338 g/mol. The van der Waals surface area contributed by atoms with Gasteiger partial charge in [0.25, 0.3) is 0 Å². The molecule has 6 heteroatoms. The van der Waals surface area contributed by atoms with Crippen LogP contribution in [0.5, 0.6) is 11.5 Å². The fraction of sp³-hybridized carbons (Fsp3) is 0.588. The molecule has 0 radical (unpaired) electrons. The molecule has 0 bridgehead atoms. The van der Waals surface area contributed by atoms with Crippen LogP contribution in [0.2, 0.25) is 0 Å². The number of thioether (sulfide) groups is 1. The number of hydrogen-bond donors (Lipinski definition) is 1. The highest BCUT2D eigenvalue weighted by Crippen LogP contribution is 2.27. The van der Waals surface area contributed by atoms with Crippen molar-refractivity contribution in [2.24, 2.45) is 0 Å². The molecular weight excluding hydrogens is 312 g/mol. The zero-order valence-electron chi connectivity index (χ0n) is 14.3. The minimum absolute atomic E-state index is 0.0191. The molecule has 1 aromatic carbocycles. The van der Waals surface area contributed by atoms with E-state index in [1.165, 1.54) is 0 Å². The van der Waals surface area contributed by atoms with Crippen LogP contribution in [0.15, 0.2) is 18.2 Å². The number of hydrogen-bond acceptors (Lipinski definition) is 5. The van der Waals surface area contributed by atoms with E-state index in [2.05, 4.69) is 5.32 Å². The van der Waals surface area contributed by atoms with Gasteiger partial charge in [-0.05, 0) is 26.0 Å². The lowest BCUT2D eigenvalue weighted by Crippen LogP contribution is -2.47. The van der Waals surface area contributed by atoms with Crippen molar-refractivity contribution in [3.8, 4) is 11.5 Å². The molecule has 0 unspecified atom stereocenters. The lowest BCUT2D eigenvalue weighted by molar-refractivity contribution is -0.131. The highest BCUT2D eigenvalue weighted by molar-refractivity contribution is 7.99. The van der Waals surface area contributed by atoms with Gasteiger partial charge in [-0.3, -0.25) is 4.79 Å². The van der Waals surface area contributed by atoms with Gasteiger partial charge in [0.1, 0.15) is 11.5 Å². The second-order valence-corrected chi connectivity index (χ2v) is 6.93. The zero-order valence-corrected chi connectivity index (χ0v) is 15.1. The van der Waals surface area contributed by atoms with Crippen LogP contribution in [0.25, 0.3) is 0 Å². The summed E-state index contributed by atoms with van der Waals surface area (Å²) >= 11 is 1.60. The summed E-state index contributed by atoms with van der Waals surface area (Å²) in [5.41, 5.74) is 0.957. The van der Waals surface area contributed by atoms with Crippen molar-refractivity contribution in [1.29, 1.82) is 0 Å². The smallest absolute Gasteiger partial charge is 0.235 e. The predicted molar refractivity (Wildman–Crippen MR) is 95.7 cm³/mol. The molecule has 2 atom stereocenters. The van der Waals surface area contributed by atoms with Crippen molar-refractivity contribution < 1.29 is 14.3 Å². The highest BCUT2D eigenvalue weighted by atomic mass is 32.2. The molecule has 1 fully saturated rings. The van der Waals surface area contributed by atoms with Crippen LogP contribution in [-0.2, 0) is 4.79 Å². The maximum absolute atomic E-state index is 12.4. The molecule has 1 amide bonds. The average Bonchev–Trinajstić information content (AvgIpc) is 2.60. The number of nitrogens with zero attached hydrogens (tertiary/aromatic N) is 1. The fourth-order valence-electron chi connectivity index (χ4n) is 2.78. The number of carbonyl (C=O) groups excluding carboxylic acids is 1. The molecule has 1 aromatic rings. The van der Waals surface area contributed by atoms with E-state index in [1.54, 1.807) is 26.0 Å². The Morgan fingerprint density at radius 3 is 2.52 bits per heavy atom. The van der Waals surface area contributed by atoms with Gasteiger partial charge in [0.15, 0.2) is 0 Å². The Labute approximate surface area is 142 Å². The molecule has 1 saturated heterocycles. The van der Waals surface area contributed by atoms with E-state index in [4.69, 9.17) is 9.47 Å². The van der Waals surface area contributed by atoms with Gasteiger partial charge in [0.2, 0.25) is 5.91 Å². The number of rotatable bonds is 6. The van der Waals surface area contributed by atoms with Gasteiger partial charge in [-0.2, -0.15) is 11.8 Å². The van der Waals surface area contributed by atoms with Crippen molar-refractivity contribution in [3.05, 3.63) is 18.2 Å². The number of amides is 1. The molecule has 1 heterocycles. The summed E-state index contributed by atoms with van der Waals surface area (Å²) in [5, 5.41) is 3.53. The fourth-order valence-corrected chi connectivity index (χ4v) is 3.13. The van der Waals surface area contributed by atoms with Crippen LogP contribution in [0.3, 0.4) is 0 Å². The molecule has 1 aliphatic rings. The van der Waals surface area contributed by atoms with Crippen molar-refractivity contribution in [2.45, 2.75) is 31.1 Å². The first-order chi connectivity index (χ1) is 11.1. The minimum atomic E-state index is 0.0191. The van der Waals surface area contributed by atoms with Crippen LogP contribution in [-0.4, -0.2) is 55.7 Å². The van der Waals surface area contributed by atoms with Crippen LogP contribution < -0.4 is 14.8 Å².